The minimum atomic E-state index is 0.527. The van der Waals surface area contributed by atoms with Crippen LogP contribution in [0.1, 0.15) is 18.9 Å². The molecule has 1 saturated heterocycles. The number of morpholine rings is 1. The van der Waals surface area contributed by atoms with Crippen molar-refractivity contribution in [1.82, 2.24) is 5.32 Å². The number of nitrogens with one attached hydrogen (secondary N) is 1. The second-order valence-electron chi connectivity index (χ2n) is 4.53. The first-order chi connectivity index (χ1) is 8.35. The summed E-state index contributed by atoms with van der Waals surface area (Å²) >= 11 is 0. The first-order valence-electron chi connectivity index (χ1n) is 6.43. The van der Waals surface area contributed by atoms with Crippen LogP contribution in [0.5, 0.6) is 0 Å². The highest BCUT2D eigenvalue weighted by molar-refractivity contribution is 5.49. The number of anilines is 1. The number of ether oxygens (including phenoxy) is 1. The fourth-order valence-electron chi connectivity index (χ4n) is 2.34. The molecule has 17 heavy (non-hydrogen) atoms. The molecular weight excluding hydrogens is 212 g/mol. The van der Waals surface area contributed by atoms with E-state index in [0.29, 0.717) is 6.04 Å². The van der Waals surface area contributed by atoms with Crippen LogP contribution < -0.4 is 10.2 Å². The third-order valence-corrected chi connectivity index (χ3v) is 3.35. The molecule has 0 amide bonds. The SMILES string of the molecule is CCC1COCCN1c1ccc(CNC)cc1. The molecule has 0 aromatic heterocycles. The summed E-state index contributed by atoms with van der Waals surface area (Å²) < 4.78 is 5.54. The van der Waals surface area contributed by atoms with E-state index in [9.17, 15) is 0 Å². The summed E-state index contributed by atoms with van der Waals surface area (Å²) in [6, 6.07) is 9.38. The Labute approximate surface area is 104 Å². The number of hydrogen-bond donors (Lipinski definition) is 1. The Morgan fingerprint density at radius 3 is 2.76 bits per heavy atom. The van der Waals surface area contributed by atoms with Crippen LogP contribution in [0.25, 0.3) is 0 Å². The maximum absolute atomic E-state index is 5.54. The molecule has 1 aliphatic heterocycles. The molecule has 2 rings (SSSR count). The molecule has 3 heteroatoms. The summed E-state index contributed by atoms with van der Waals surface area (Å²) in [5.74, 6) is 0. The molecule has 1 aromatic carbocycles. The smallest absolute Gasteiger partial charge is 0.0670 e. The van der Waals surface area contributed by atoms with Crippen LogP contribution in [-0.4, -0.2) is 32.8 Å². The Balaban J connectivity index is 2.09. The first kappa shape index (κ1) is 12.4. The largest absolute Gasteiger partial charge is 0.377 e. The van der Waals surface area contributed by atoms with Gasteiger partial charge in [-0.1, -0.05) is 19.1 Å². The Kier molecular flexibility index (Phi) is 4.40. The number of rotatable bonds is 4. The van der Waals surface area contributed by atoms with E-state index in [0.717, 1.165) is 32.7 Å². The van der Waals surface area contributed by atoms with E-state index in [4.69, 9.17) is 4.74 Å². The van der Waals surface area contributed by atoms with Crippen LogP contribution in [0, 0.1) is 0 Å². The van der Waals surface area contributed by atoms with Gasteiger partial charge in [0.2, 0.25) is 0 Å². The Morgan fingerprint density at radius 1 is 1.35 bits per heavy atom. The summed E-state index contributed by atoms with van der Waals surface area (Å²) in [7, 11) is 1.98. The van der Waals surface area contributed by atoms with Crippen LogP contribution in [0.3, 0.4) is 0 Å². The number of hydrogen-bond acceptors (Lipinski definition) is 3. The summed E-state index contributed by atoms with van der Waals surface area (Å²) in [5.41, 5.74) is 2.65. The van der Waals surface area contributed by atoms with E-state index in [2.05, 4.69) is 41.4 Å². The summed E-state index contributed by atoms with van der Waals surface area (Å²) in [4.78, 5) is 2.46. The molecule has 0 bridgehead atoms. The van der Waals surface area contributed by atoms with Gasteiger partial charge >= 0.3 is 0 Å². The first-order valence-corrected chi connectivity index (χ1v) is 6.43. The lowest BCUT2D eigenvalue weighted by atomic mass is 10.1. The van der Waals surface area contributed by atoms with Gasteiger partial charge in [0.25, 0.3) is 0 Å². The van der Waals surface area contributed by atoms with E-state index in [-0.39, 0.29) is 0 Å². The van der Waals surface area contributed by atoms with Crippen LogP contribution in [0.15, 0.2) is 24.3 Å². The van der Waals surface area contributed by atoms with Gasteiger partial charge in [0.05, 0.1) is 19.3 Å². The second-order valence-corrected chi connectivity index (χ2v) is 4.53. The van der Waals surface area contributed by atoms with Gasteiger partial charge in [-0.15, -0.1) is 0 Å². The van der Waals surface area contributed by atoms with Crippen molar-refractivity contribution in [3.63, 3.8) is 0 Å². The van der Waals surface area contributed by atoms with Gasteiger partial charge in [0.15, 0.2) is 0 Å². The van der Waals surface area contributed by atoms with Crippen molar-refractivity contribution < 1.29 is 4.74 Å². The summed E-state index contributed by atoms with van der Waals surface area (Å²) in [5, 5.41) is 3.17. The van der Waals surface area contributed by atoms with E-state index >= 15 is 0 Å². The highest BCUT2D eigenvalue weighted by Gasteiger charge is 2.21. The molecule has 0 radical (unpaired) electrons. The van der Waals surface area contributed by atoms with E-state index in [1.165, 1.54) is 11.3 Å². The normalized spacial score (nSPS) is 20.6. The molecule has 0 aliphatic carbocycles. The molecule has 1 heterocycles. The fourth-order valence-corrected chi connectivity index (χ4v) is 2.34. The predicted molar refractivity (Wildman–Crippen MR) is 71.4 cm³/mol. The van der Waals surface area contributed by atoms with Gasteiger partial charge in [-0.2, -0.15) is 0 Å². The van der Waals surface area contributed by atoms with Gasteiger partial charge in [-0.05, 0) is 31.2 Å². The van der Waals surface area contributed by atoms with Crippen LogP contribution in [-0.2, 0) is 11.3 Å². The lowest BCUT2D eigenvalue weighted by Crippen LogP contribution is -2.45. The van der Waals surface area contributed by atoms with Crippen molar-refractivity contribution in [3.05, 3.63) is 29.8 Å². The number of nitrogens with zero attached hydrogens (tertiary/aromatic N) is 1. The molecule has 1 fully saturated rings. The molecule has 0 spiro atoms. The number of benzene rings is 1. The van der Waals surface area contributed by atoms with Crippen molar-refractivity contribution in [3.8, 4) is 0 Å². The zero-order chi connectivity index (χ0) is 12.1. The molecule has 1 atom stereocenters. The topological polar surface area (TPSA) is 24.5 Å². The molecule has 1 aromatic rings. The molecule has 1 unspecified atom stereocenters. The van der Waals surface area contributed by atoms with E-state index < -0.39 is 0 Å². The Hall–Kier alpha value is -1.06. The lowest BCUT2D eigenvalue weighted by Gasteiger charge is -2.37. The quantitative estimate of drug-likeness (QED) is 0.862. The minimum absolute atomic E-state index is 0.527. The Morgan fingerprint density at radius 2 is 2.12 bits per heavy atom. The average molecular weight is 234 g/mol. The van der Waals surface area contributed by atoms with Gasteiger partial charge in [-0.25, -0.2) is 0 Å². The lowest BCUT2D eigenvalue weighted by molar-refractivity contribution is 0.0930. The maximum atomic E-state index is 5.54. The summed E-state index contributed by atoms with van der Waals surface area (Å²) in [6.07, 6.45) is 1.14. The van der Waals surface area contributed by atoms with Crippen molar-refractivity contribution >= 4 is 5.69 Å². The Bertz CT molecular complexity index is 337. The fraction of sp³-hybridized carbons (Fsp3) is 0.571. The predicted octanol–water partition coefficient (Wildman–Crippen LogP) is 2.02. The molecular formula is C14H22N2O. The maximum Gasteiger partial charge on any atom is 0.0670 e. The van der Waals surface area contributed by atoms with Crippen LogP contribution >= 0.6 is 0 Å². The minimum Gasteiger partial charge on any atom is -0.377 e. The molecule has 0 saturated carbocycles. The zero-order valence-corrected chi connectivity index (χ0v) is 10.8. The van der Waals surface area contributed by atoms with Gasteiger partial charge in [0, 0.05) is 18.8 Å². The van der Waals surface area contributed by atoms with Crippen molar-refractivity contribution in [2.45, 2.75) is 25.9 Å². The van der Waals surface area contributed by atoms with Gasteiger partial charge in [-0.3, -0.25) is 0 Å². The third kappa shape index (κ3) is 2.99. The van der Waals surface area contributed by atoms with Gasteiger partial charge in [0.1, 0.15) is 0 Å². The second kappa shape index (κ2) is 6.03. The van der Waals surface area contributed by atoms with Crippen molar-refractivity contribution in [2.24, 2.45) is 0 Å². The molecule has 94 valence electrons. The monoisotopic (exact) mass is 234 g/mol. The van der Waals surface area contributed by atoms with Crippen LogP contribution in [0.2, 0.25) is 0 Å². The van der Waals surface area contributed by atoms with Crippen molar-refractivity contribution in [2.75, 3.05) is 31.7 Å². The summed E-state index contributed by atoms with van der Waals surface area (Å²) in [6.45, 7) is 5.86. The van der Waals surface area contributed by atoms with E-state index in [1.807, 2.05) is 7.05 Å². The highest BCUT2D eigenvalue weighted by Crippen LogP contribution is 2.21. The average Bonchev–Trinajstić information content (AvgIpc) is 2.40. The third-order valence-electron chi connectivity index (χ3n) is 3.35. The highest BCUT2D eigenvalue weighted by atomic mass is 16.5. The van der Waals surface area contributed by atoms with Crippen LogP contribution in [0.4, 0.5) is 5.69 Å². The van der Waals surface area contributed by atoms with Crippen molar-refractivity contribution in [1.29, 1.82) is 0 Å². The standard InChI is InChI=1S/C14H22N2O/c1-3-13-11-17-9-8-16(13)14-6-4-12(5-7-14)10-15-2/h4-7,13,15H,3,8-11H2,1-2H3. The molecule has 1 aliphatic rings. The van der Waals surface area contributed by atoms with E-state index in [1.54, 1.807) is 0 Å². The van der Waals surface area contributed by atoms with Gasteiger partial charge < -0.3 is 15.0 Å². The molecule has 1 N–H and O–H groups in total. The molecule has 3 nitrogen and oxygen atoms in total. The zero-order valence-electron chi connectivity index (χ0n) is 10.8.